The van der Waals surface area contributed by atoms with Gasteiger partial charge in [0.25, 0.3) is 0 Å². The van der Waals surface area contributed by atoms with Gasteiger partial charge >= 0.3 is 0 Å². The molecule has 2 heterocycles. The summed E-state index contributed by atoms with van der Waals surface area (Å²) in [4.78, 5) is 10.5. The minimum absolute atomic E-state index is 0.302. The summed E-state index contributed by atoms with van der Waals surface area (Å²) in [6, 6.07) is 62.2. The van der Waals surface area contributed by atoms with E-state index in [4.69, 9.17) is 14.4 Å². The van der Waals surface area contributed by atoms with Crippen LogP contribution >= 0.6 is 0 Å². The number of rotatable bonds is 5. The van der Waals surface area contributed by atoms with Crippen LogP contribution in [-0.4, -0.2) is 9.97 Å². The summed E-state index contributed by atoms with van der Waals surface area (Å²) in [5, 5.41) is 2.22. The van der Waals surface area contributed by atoms with Crippen LogP contribution in [0.3, 0.4) is 0 Å². The molecule has 2 aromatic heterocycles. The zero-order valence-corrected chi connectivity index (χ0v) is 28.0. The van der Waals surface area contributed by atoms with Crippen LogP contribution in [0.15, 0.2) is 180 Å². The lowest BCUT2D eigenvalue weighted by Crippen LogP contribution is -2.22. The van der Waals surface area contributed by atoms with Gasteiger partial charge in [0.1, 0.15) is 11.2 Å². The van der Waals surface area contributed by atoms with Crippen LogP contribution in [0, 0.1) is 0 Å². The van der Waals surface area contributed by atoms with E-state index in [0.717, 1.165) is 61.1 Å². The zero-order valence-electron chi connectivity index (χ0n) is 28.0. The van der Waals surface area contributed by atoms with E-state index in [9.17, 15) is 0 Å². The molecule has 1 aliphatic carbocycles. The van der Waals surface area contributed by atoms with Crippen LogP contribution in [0.4, 0.5) is 0 Å². The Hall–Kier alpha value is -6.58. The van der Waals surface area contributed by atoms with E-state index in [-0.39, 0.29) is 5.41 Å². The van der Waals surface area contributed by atoms with Crippen molar-refractivity contribution in [2.24, 2.45) is 0 Å². The molecule has 1 aliphatic rings. The maximum Gasteiger partial charge on any atom is 0.160 e. The Morgan fingerprint density at radius 2 is 1.02 bits per heavy atom. The van der Waals surface area contributed by atoms with E-state index in [1.165, 1.54) is 27.8 Å². The first kappa shape index (κ1) is 29.3. The number of furan rings is 1. The summed E-state index contributed by atoms with van der Waals surface area (Å²) in [6.45, 7) is 2.36. The van der Waals surface area contributed by atoms with Crippen LogP contribution in [0.5, 0.6) is 0 Å². The third kappa shape index (κ3) is 4.66. The quantitative estimate of drug-likeness (QED) is 0.186. The highest BCUT2D eigenvalue weighted by Gasteiger charge is 2.40. The van der Waals surface area contributed by atoms with E-state index in [2.05, 4.69) is 153 Å². The van der Waals surface area contributed by atoms with Crippen molar-refractivity contribution in [3.63, 3.8) is 0 Å². The number of aromatic nitrogens is 2. The molecule has 0 fully saturated rings. The average molecular weight is 653 g/mol. The van der Waals surface area contributed by atoms with Gasteiger partial charge in [-0.15, -0.1) is 0 Å². The Labute approximate surface area is 296 Å². The third-order valence-electron chi connectivity index (χ3n) is 10.6. The number of fused-ring (bicyclic) bond motifs is 6. The molecule has 0 spiro atoms. The van der Waals surface area contributed by atoms with Crippen LogP contribution in [-0.2, 0) is 5.41 Å². The van der Waals surface area contributed by atoms with Gasteiger partial charge in [-0.1, -0.05) is 146 Å². The van der Waals surface area contributed by atoms with E-state index < -0.39 is 0 Å². The van der Waals surface area contributed by atoms with Crippen LogP contribution in [0.2, 0.25) is 0 Å². The molecular formula is C48H32N2O. The Morgan fingerprint density at radius 3 is 1.80 bits per heavy atom. The van der Waals surface area contributed by atoms with E-state index >= 15 is 0 Å². The molecule has 0 saturated carbocycles. The van der Waals surface area contributed by atoms with E-state index in [1.807, 2.05) is 30.3 Å². The molecule has 240 valence electrons. The molecule has 3 nitrogen and oxygen atoms in total. The Bertz CT molecular complexity index is 2730. The van der Waals surface area contributed by atoms with Gasteiger partial charge < -0.3 is 4.42 Å². The highest BCUT2D eigenvalue weighted by molar-refractivity contribution is 6.06. The van der Waals surface area contributed by atoms with Crippen molar-refractivity contribution in [3.8, 4) is 56.2 Å². The molecule has 0 saturated heterocycles. The van der Waals surface area contributed by atoms with Crippen molar-refractivity contribution < 1.29 is 4.42 Å². The second-order valence-electron chi connectivity index (χ2n) is 13.5. The average Bonchev–Trinajstić information content (AvgIpc) is 3.71. The number of hydrogen-bond acceptors (Lipinski definition) is 3. The highest BCUT2D eigenvalue weighted by atomic mass is 16.3. The van der Waals surface area contributed by atoms with Crippen molar-refractivity contribution in [2.45, 2.75) is 12.3 Å². The molecule has 0 N–H and O–H groups in total. The van der Waals surface area contributed by atoms with Crippen LogP contribution in [0.25, 0.3) is 78.1 Å². The van der Waals surface area contributed by atoms with Gasteiger partial charge in [-0.05, 0) is 76.2 Å². The number of hydrogen-bond donors (Lipinski definition) is 0. The fourth-order valence-electron chi connectivity index (χ4n) is 8.05. The fourth-order valence-corrected chi connectivity index (χ4v) is 8.05. The smallest absolute Gasteiger partial charge is 0.160 e. The third-order valence-corrected chi connectivity index (χ3v) is 10.6. The van der Waals surface area contributed by atoms with E-state index in [1.54, 1.807) is 0 Å². The Kier molecular flexibility index (Phi) is 6.62. The lowest BCUT2D eigenvalue weighted by Gasteiger charge is -2.28. The largest absolute Gasteiger partial charge is 0.456 e. The van der Waals surface area contributed by atoms with Gasteiger partial charge in [0.2, 0.25) is 0 Å². The molecule has 0 amide bonds. The normalized spacial score (nSPS) is 13.0. The molecule has 7 aromatic carbocycles. The molecule has 0 aliphatic heterocycles. The molecule has 0 unspecified atom stereocenters. The molecule has 0 atom stereocenters. The maximum atomic E-state index is 6.16. The summed E-state index contributed by atoms with van der Waals surface area (Å²) < 4.78 is 6.16. The molecule has 9 aromatic rings. The van der Waals surface area contributed by atoms with Gasteiger partial charge in [0.15, 0.2) is 5.82 Å². The summed E-state index contributed by atoms with van der Waals surface area (Å²) >= 11 is 0. The predicted octanol–water partition coefficient (Wildman–Crippen LogP) is 12.4. The van der Waals surface area contributed by atoms with Crippen LogP contribution in [0.1, 0.15) is 23.6 Å². The van der Waals surface area contributed by atoms with Gasteiger partial charge in [-0.25, -0.2) is 9.97 Å². The fraction of sp³-hybridized carbons (Fsp3) is 0.0417. The molecule has 0 bridgehead atoms. The summed E-state index contributed by atoms with van der Waals surface area (Å²) in [5.41, 5.74) is 15.0. The van der Waals surface area contributed by atoms with Crippen molar-refractivity contribution in [1.82, 2.24) is 9.97 Å². The molecule has 0 radical (unpaired) electrons. The monoisotopic (exact) mass is 652 g/mol. The topological polar surface area (TPSA) is 38.9 Å². The summed E-state index contributed by atoms with van der Waals surface area (Å²) in [6.07, 6.45) is 0. The molecule has 3 heteroatoms. The Balaban J connectivity index is 1.15. The lowest BCUT2D eigenvalue weighted by atomic mass is 9.74. The van der Waals surface area contributed by atoms with Crippen molar-refractivity contribution in [3.05, 3.63) is 193 Å². The highest BCUT2D eigenvalue weighted by Crippen LogP contribution is 2.52. The lowest BCUT2D eigenvalue weighted by molar-refractivity contribution is 0.669. The van der Waals surface area contributed by atoms with E-state index in [0.29, 0.717) is 5.82 Å². The van der Waals surface area contributed by atoms with Gasteiger partial charge in [0.05, 0.1) is 11.4 Å². The molecule has 51 heavy (non-hydrogen) atoms. The molecular weight excluding hydrogens is 621 g/mol. The SMILES string of the molecule is CC1(c2cccc(-c3cc(-c4ccccc4-c4ccc5oc6ccccc6c5c4)nc(-c4ccccc4)n3)c2)c2ccccc2-c2ccccc21. The second kappa shape index (κ2) is 11.5. The standard InChI is InChI=1S/C48H32N2O/c1-48(41-23-10-7-19-36(41)37-20-8-11-24-42(37)48)34-17-13-16-33(28-34)43-30-44(50-47(49-43)31-14-3-2-4-15-31)38-21-6-5-18-35(38)32-26-27-46-40(29-32)39-22-9-12-25-45(39)51-46/h2-30H,1H3. The Morgan fingerprint density at radius 1 is 0.412 bits per heavy atom. The zero-order chi connectivity index (χ0) is 33.9. The number of para-hydroxylation sites is 1. The number of benzene rings is 7. The second-order valence-corrected chi connectivity index (χ2v) is 13.5. The first-order valence-corrected chi connectivity index (χ1v) is 17.4. The first-order chi connectivity index (χ1) is 25.1. The number of nitrogens with zero attached hydrogens (tertiary/aromatic N) is 2. The van der Waals surface area contributed by atoms with Gasteiger partial charge in [0, 0.05) is 32.9 Å². The summed E-state index contributed by atoms with van der Waals surface area (Å²) in [7, 11) is 0. The maximum absolute atomic E-state index is 6.16. The summed E-state index contributed by atoms with van der Waals surface area (Å²) in [5.74, 6) is 0.697. The minimum atomic E-state index is -0.302. The first-order valence-electron chi connectivity index (χ1n) is 17.4. The van der Waals surface area contributed by atoms with Crippen molar-refractivity contribution >= 4 is 21.9 Å². The van der Waals surface area contributed by atoms with Gasteiger partial charge in [-0.3, -0.25) is 0 Å². The van der Waals surface area contributed by atoms with Crippen molar-refractivity contribution in [1.29, 1.82) is 0 Å². The van der Waals surface area contributed by atoms with Crippen molar-refractivity contribution in [2.75, 3.05) is 0 Å². The minimum Gasteiger partial charge on any atom is -0.456 e. The van der Waals surface area contributed by atoms with Crippen LogP contribution < -0.4 is 0 Å². The predicted molar refractivity (Wildman–Crippen MR) is 208 cm³/mol. The molecule has 10 rings (SSSR count). The van der Waals surface area contributed by atoms with Gasteiger partial charge in [-0.2, -0.15) is 0 Å².